The molecular weight excluding hydrogens is 358 g/mol. The summed E-state index contributed by atoms with van der Waals surface area (Å²) in [6.45, 7) is 14.6. The van der Waals surface area contributed by atoms with E-state index in [1.807, 2.05) is 0 Å². The summed E-state index contributed by atoms with van der Waals surface area (Å²) in [5.74, 6) is -2.06. The molecule has 3 aliphatic carbocycles. The van der Waals surface area contributed by atoms with E-state index in [9.17, 15) is 30.3 Å². The minimum atomic E-state index is -1.13. The Morgan fingerprint density at radius 1 is 0.852 bits per heavy atom. The third-order valence-electron chi connectivity index (χ3n) is 6.45. The number of hydrogen-bond acceptors (Lipinski definition) is 6. The van der Waals surface area contributed by atoms with Crippen LogP contribution in [-0.4, -0.2) is 32.9 Å². The van der Waals surface area contributed by atoms with E-state index in [-0.39, 0.29) is 35.9 Å². The van der Waals surface area contributed by atoms with Crippen LogP contribution >= 0.6 is 0 Å². The average Bonchev–Trinajstić information content (AvgIpc) is 2.95. The lowest BCUT2D eigenvalue weighted by molar-refractivity contribution is -0.578. The van der Waals surface area contributed by atoms with Gasteiger partial charge < -0.3 is 0 Å². The molecule has 0 aromatic heterocycles. The maximum atomic E-state index is 11.7. The Morgan fingerprint density at radius 3 is 1.96 bits per heavy atom. The van der Waals surface area contributed by atoms with Gasteiger partial charge in [-0.2, -0.15) is 9.69 Å². The molecule has 27 heavy (non-hydrogen) atoms. The van der Waals surface area contributed by atoms with Gasteiger partial charge in [0.25, 0.3) is 0 Å². The number of nitrogens with zero attached hydrogens (tertiary/aromatic N) is 5. The molecule has 3 aliphatic rings. The molecule has 3 fully saturated rings. The normalized spacial score (nSPS) is 37.3. The summed E-state index contributed by atoms with van der Waals surface area (Å²) in [6.07, 6.45) is 0.683. The molecule has 3 rings (SSSR count). The van der Waals surface area contributed by atoms with Crippen LogP contribution in [0.4, 0.5) is 0 Å². The standard InChI is InChI=1S/C16H17N5O6/c1-17-16(18-2)15-11-5-8(19(22)23)3-4-10(11)14-12(15)6-9(20(24)25)7-13(14)21(26)27/h8-14H,3-7H2. The van der Waals surface area contributed by atoms with Crippen LogP contribution in [0.3, 0.4) is 0 Å². The highest BCUT2D eigenvalue weighted by molar-refractivity contribution is 5.35. The number of nitro groups is 3. The fourth-order valence-electron chi connectivity index (χ4n) is 5.51. The third kappa shape index (κ3) is 2.99. The Balaban J connectivity index is 2.11. The van der Waals surface area contributed by atoms with Gasteiger partial charge in [-0.15, -0.1) is 0 Å². The fourth-order valence-corrected chi connectivity index (χ4v) is 5.51. The van der Waals surface area contributed by atoms with Gasteiger partial charge in [0.2, 0.25) is 18.1 Å². The number of allylic oxidation sites excluding steroid dienone is 1. The molecule has 142 valence electrons. The zero-order valence-corrected chi connectivity index (χ0v) is 14.3. The molecule has 0 amide bonds. The lowest BCUT2D eigenvalue weighted by Crippen LogP contribution is -2.46. The maximum absolute atomic E-state index is 11.7. The van der Waals surface area contributed by atoms with Gasteiger partial charge in [0.15, 0.2) is 0 Å². The summed E-state index contributed by atoms with van der Waals surface area (Å²) in [6, 6.07) is -3.06. The van der Waals surface area contributed by atoms with Crippen LogP contribution in [0.2, 0.25) is 0 Å². The second-order valence-electron chi connectivity index (χ2n) is 7.47. The van der Waals surface area contributed by atoms with E-state index in [0.717, 1.165) is 0 Å². The first-order valence-electron chi connectivity index (χ1n) is 8.69. The van der Waals surface area contributed by atoms with Gasteiger partial charge in [0.05, 0.1) is 6.42 Å². The molecule has 3 saturated carbocycles. The first kappa shape index (κ1) is 18.7. The van der Waals surface area contributed by atoms with Crippen molar-refractivity contribution in [3.8, 4) is 0 Å². The van der Waals surface area contributed by atoms with Crippen molar-refractivity contribution in [2.75, 3.05) is 0 Å². The molecule has 0 saturated heterocycles. The fraction of sp³-hybridized carbons (Fsp3) is 0.750. The van der Waals surface area contributed by atoms with E-state index in [2.05, 4.69) is 9.69 Å². The van der Waals surface area contributed by atoms with Crippen molar-refractivity contribution in [1.29, 1.82) is 0 Å². The van der Waals surface area contributed by atoms with Gasteiger partial charge in [-0.1, -0.05) is 0 Å². The van der Waals surface area contributed by atoms with E-state index in [1.54, 1.807) is 0 Å². The van der Waals surface area contributed by atoms with Gasteiger partial charge in [-0.3, -0.25) is 30.3 Å². The predicted octanol–water partition coefficient (Wildman–Crippen LogP) is 2.43. The Morgan fingerprint density at radius 2 is 1.44 bits per heavy atom. The summed E-state index contributed by atoms with van der Waals surface area (Å²) in [4.78, 5) is 39.4. The molecule has 11 heteroatoms. The average molecular weight is 375 g/mol. The van der Waals surface area contributed by atoms with E-state index in [0.29, 0.717) is 18.4 Å². The smallest absolute Gasteiger partial charge is 0.264 e. The van der Waals surface area contributed by atoms with Crippen molar-refractivity contribution in [1.82, 2.24) is 0 Å². The second-order valence-corrected chi connectivity index (χ2v) is 7.47. The molecule has 7 atom stereocenters. The molecule has 0 spiro atoms. The highest BCUT2D eigenvalue weighted by atomic mass is 16.6. The SMILES string of the molecule is [C-]#[N+]C([N+]#[C-])=C1C2CC([N+](=O)[O-])CCC2C2C1CC([N+](=O)[O-])CC2[N+](=O)[O-]. The summed E-state index contributed by atoms with van der Waals surface area (Å²) >= 11 is 0. The van der Waals surface area contributed by atoms with Crippen molar-refractivity contribution < 1.29 is 14.8 Å². The molecule has 0 heterocycles. The first-order chi connectivity index (χ1) is 12.8. The van der Waals surface area contributed by atoms with Crippen molar-refractivity contribution in [2.24, 2.45) is 23.7 Å². The van der Waals surface area contributed by atoms with Crippen LogP contribution in [0.5, 0.6) is 0 Å². The third-order valence-corrected chi connectivity index (χ3v) is 6.45. The molecular formula is C16H17N5O6. The zero-order valence-electron chi connectivity index (χ0n) is 14.3. The number of rotatable bonds is 3. The van der Waals surface area contributed by atoms with Gasteiger partial charge in [-0.25, -0.2) is 0 Å². The second kappa shape index (κ2) is 6.91. The molecule has 11 nitrogen and oxygen atoms in total. The topological polar surface area (TPSA) is 138 Å². The van der Waals surface area contributed by atoms with Crippen LogP contribution in [0.15, 0.2) is 11.4 Å². The van der Waals surface area contributed by atoms with Crippen molar-refractivity contribution in [3.05, 3.63) is 64.6 Å². The first-order valence-corrected chi connectivity index (χ1v) is 8.69. The van der Waals surface area contributed by atoms with E-state index in [4.69, 9.17) is 13.1 Å². The summed E-state index contributed by atoms with van der Waals surface area (Å²) in [5.41, 5.74) is 0.389. The van der Waals surface area contributed by atoms with Crippen molar-refractivity contribution >= 4 is 0 Å². The van der Waals surface area contributed by atoms with Crippen LogP contribution in [0.25, 0.3) is 9.69 Å². The molecule has 0 N–H and O–H groups in total. The Bertz CT molecular complexity index is 795. The Labute approximate surface area is 154 Å². The molecule has 0 radical (unpaired) electrons. The number of fused-ring (bicyclic) bond motifs is 3. The minimum absolute atomic E-state index is 0.0437. The lowest BCUT2D eigenvalue weighted by Gasteiger charge is -2.34. The van der Waals surface area contributed by atoms with E-state index in [1.165, 1.54) is 0 Å². The van der Waals surface area contributed by atoms with Crippen LogP contribution < -0.4 is 0 Å². The van der Waals surface area contributed by atoms with Crippen LogP contribution in [0.1, 0.15) is 32.1 Å². The monoisotopic (exact) mass is 375 g/mol. The van der Waals surface area contributed by atoms with Crippen molar-refractivity contribution in [2.45, 2.75) is 50.2 Å². The predicted molar refractivity (Wildman–Crippen MR) is 89.6 cm³/mol. The molecule has 7 unspecified atom stereocenters. The van der Waals surface area contributed by atoms with Gasteiger partial charge in [0, 0.05) is 45.5 Å². The largest absolute Gasteiger partial charge is 0.519 e. The quantitative estimate of drug-likeness (QED) is 0.422. The summed E-state index contributed by atoms with van der Waals surface area (Å²) in [5, 5.41) is 34.3. The lowest BCUT2D eigenvalue weighted by atomic mass is 9.69. The number of hydrogen-bond donors (Lipinski definition) is 0. The molecule has 0 aromatic carbocycles. The Kier molecular flexibility index (Phi) is 4.79. The van der Waals surface area contributed by atoms with Gasteiger partial charge in [0.1, 0.15) is 13.1 Å². The zero-order chi connectivity index (χ0) is 19.9. The van der Waals surface area contributed by atoms with E-state index >= 15 is 0 Å². The van der Waals surface area contributed by atoms with E-state index < -0.39 is 45.7 Å². The molecule has 0 aliphatic heterocycles. The van der Waals surface area contributed by atoms with Crippen molar-refractivity contribution in [3.63, 3.8) is 0 Å². The van der Waals surface area contributed by atoms with Crippen LogP contribution in [-0.2, 0) is 0 Å². The minimum Gasteiger partial charge on any atom is -0.264 e. The Hall–Kier alpha value is -3.08. The highest BCUT2D eigenvalue weighted by Gasteiger charge is 2.62. The van der Waals surface area contributed by atoms with Gasteiger partial charge >= 0.3 is 5.82 Å². The highest BCUT2D eigenvalue weighted by Crippen LogP contribution is 2.59. The maximum Gasteiger partial charge on any atom is 0.519 e. The molecule has 0 aromatic rings. The summed E-state index contributed by atoms with van der Waals surface area (Å²) in [7, 11) is 0. The van der Waals surface area contributed by atoms with Crippen LogP contribution in [0, 0.1) is 67.2 Å². The molecule has 0 bridgehead atoms. The van der Waals surface area contributed by atoms with Gasteiger partial charge in [-0.05, 0) is 24.2 Å². The summed E-state index contributed by atoms with van der Waals surface area (Å²) < 4.78 is 0.